The fraction of sp³-hybridized carbons (Fsp3) is 0.458. The first-order chi connectivity index (χ1) is 13.8. The quantitative estimate of drug-likeness (QED) is 0.682. The molecule has 2 aromatic rings. The molecule has 1 aliphatic heterocycles. The van der Waals surface area contributed by atoms with Gasteiger partial charge in [0.2, 0.25) is 5.91 Å². The van der Waals surface area contributed by atoms with Crippen LogP contribution in [0, 0.1) is 5.92 Å². The van der Waals surface area contributed by atoms with Gasteiger partial charge in [-0.05, 0) is 47.6 Å². The highest BCUT2D eigenvalue weighted by Crippen LogP contribution is 2.34. The van der Waals surface area contributed by atoms with Gasteiger partial charge in [-0.1, -0.05) is 55.8 Å². The van der Waals surface area contributed by atoms with Crippen molar-refractivity contribution in [2.45, 2.75) is 53.2 Å². The van der Waals surface area contributed by atoms with E-state index >= 15 is 0 Å². The summed E-state index contributed by atoms with van der Waals surface area (Å²) in [6, 6.07) is 12.7. The molecule has 0 bridgehead atoms. The van der Waals surface area contributed by atoms with Crippen LogP contribution in [-0.4, -0.2) is 24.0 Å². The van der Waals surface area contributed by atoms with Crippen LogP contribution in [0.1, 0.15) is 56.0 Å². The molecule has 3 rings (SSSR count). The molecule has 1 aliphatic rings. The Morgan fingerprint density at radius 2 is 1.90 bits per heavy atom. The Kier molecular flexibility index (Phi) is 7.20. The van der Waals surface area contributed by atoms with E-state index in [0.717, 1.165) is 42.4 Å². The van der Waals surface area contributed by atoms with Crippen molar-refractivity contribution in [1.82, 2.24) is 10.2 Å². The molecule has 0 saturated carbocycles. The van der Waals surface area contributed by atoms with E-state index in [1.54, 1.807) is 6.92 Å². The lowest BCUT2D eigenvalue weighted by Crippen LogP contribution is -2.30. The highest BCUT2D eigenvalue weighted by Gasteiger charge is 2.21. The van der Waals surface area contributed by atoms with Crippen molar-refractivity contribution < 1.29 is 9.53 Å². The van der Waals surface area contributed by atoms with Gasteiger partial charge in [0.1, 0.15) is 5.75 Å². The van der Waals surface area contributed by atoms with Crippen molar-refractivity contribution in [1.29, 1.82) is 0 Å². The number of hydrogen-bond donors (Lipinski definition) is 1. The molecule has 29 heavy (non-hydrogen) atoms. The fourth-order valence-electron chi connectivity index (χ4n) is 3.71. The standard InChI is InChI=1S/C24H31ClN2O2/c1-16(2)15-29-23-10-9-21-14-27(12-11-22(21)24(23)25)13-19-5-7-20(8-6-19)17(3)26-18(4)28/h5-10,16-17H,11-15H2,1-4H3,(H,26,28). The summed E-state index contributed by atoms with van der Waals surface area (Å²) in [5.74, 6) is 1.27. The average molecular weight is 415 g/mol. The van der Waals surface area contributed by atoms with Gasteiger partial charge in [0.15, 0.2) is 0 Å². The Hall–Kier alpha value is -2.04. The van der Waals surface area contributed by atoms with Crippen molar-refractivity contribution in [2.75, 3.05) is 13.2 Å². The number of nitrogens with zero attached hydrogens (tertiary/aromatic N) is 1. The van der Waals surface area contributed by atoms with Crippen molar-refractivity contribution >= 4 is 17.5 Å². The molecular weight excluding hydrogens is 384 g/mol. The smallest absolute Gasteiger partial charge is 0.217 e. The number of carbonyl (C=O) groups excluding carboxylic acids is 1. The zero-order valence-electron chi connectivity index (χ0n) is 17.8. The third-order valence-electron chi connectivity index (χ3n) is 5.25. The van der Waals surface area contributed by atoms with Crippen molar-refractivity contribution in [3.05, 3.63) is 63.7 Å². The number of nitrogens with one attached hydrogen (secondary N) is 1. The van der Waals surface area contributed by atoms with Gasteiger partial charge < -0.3 is 10.1 Å². The van der Waals surface area contributed by atoms with Crippen LogP contribution < -0.4 is 10.1 Å². The fourth-order valence-corrected chi connectivity index (χ4v) is 4.04. The average Bonchev–Trinajstić information content (AvgIpc) is 2.67. The number of amides is 1. The van der Waals surface area contributed by atoms with Crippen LogP contribution >= 0.6 is 11.6 Å². The summed E-state index contributed by atoms with van der Waals surface area (Å²) in [5, 5.41) is 3.70. The Labute approximate surface area is 179 Å². The van der Waals surface area contributed by atoms with Crippen molar-refractivity contribution in [2.24, 2.45) is 5.92 Å². The van der Waals surface area contributed by atoms with E-state index in [-0.39, 0.29) is 11.9 Å². The number of rotatable bonds is 7. The minimum atomic E-state index is -0.00928. The molecule has 0 aromatic heterocycles. The van der Waals surface area contributed by atoms with Crippen LogP contribution in [0.25, 0.3) is 0 Å². The van der Waals surface area contributed by atoms with Gasteiger partial charge in [-0.2, -0.15) is 0 Å². The number of hydrogen-bond acceptors (Lipinski definition) is 3. The first-order valence-electron chi connectivity index (χ1n) is 10.3. The minimum absolute atomic E-state index is 0.00928. The molecule has 0 aliphatic carbocycles. The molecule has 0 fully saturated rings. The molecule has 2 aromatic carbocycles. The lowest BCUT2D eigenvalue weighted by Gasteiger charge is -2.30. The van der Waals surface area contributed by atoms with E-state index < -0.39 is 0 Å². The highest BCUT2D eigenvalue weighted by atomic mass is 35.5. The van der Waals surface area contributed by atoms with E-state index in [0.29, 0.717) is 12.5 Å². The summed E-state index contributed by atoms with van der Waals surface area (Å²) in [6.07, 6.45) is 0.935. The van der Waals surface area contributed by atoms with Crippen molar-refractivity contribution in [3.63, 3.8) is 0 Å². The molecule has 1 atom stereocenters. The number of fused-ring (bicyclic) bond motifs is 1. The molecule has 1 N–H and O–H groups in total. The van der Waals surface area contributed by atoms with E-state index in [1.165, 1.54) is 16.7 Å². The lowest BCUT2D eigenvalue weighted by molar-refractivity contribution is -0.119. The van der Waals surface area contributed by atoms with Gasteiger partial charge in [0.05, 0.1) is 17.7 Å². The van der Waals surface area contributed by atoms with Gasteiger partial charge in [-0.3, -0.25) is 9.69 Å². The molecule has 0 saturated heterocycles. The van der Waals surface area contributed by atoms with Crippen LogP contribution in [0.3, 0.4) is 0 Å². The third-order valence-corrected chi connectivity index (χ3v) is 5.67. The highest BCUT2D eigenvalue weighted by molar-refractivity contribution is 6.33. The van der Waals surface area contributed by atoms with Gasteiger partial charge in [-0.15, -0.1) is 0 Å². The maximum atomic E-state index is 11.2. The van der Waals surface area contributed by atoms with E-state index in [2.05, 4.69) is 54.4 Å². The van der Waals surface area contributed by atoms with Crippen LogP contribution in [0.15, 0.2) is 36.4 Å². The first-order valence-corrected chi connectivity index (χ1v) is 10.7. The largest absolute Gasteiger partial charge is 0.492 e. The molecule has 4 nitrogen and oxygen atoms in total. The summed E-state index contributed by atoms with van der Waals surface area (Å²) < 4.78 is 5.87. The molecule has 1 unspecified atom stereocenters. The summed E-state index contributed by atoms with van der Waals surface area (Å²) in [5.41, 5.74) is 4.90. The predicted octanol–water partition coefficient (Wildman–Crippen LogP) is 5.13. The maximum absolute atomic E-state index is 11.2. The topological polar surface area (TPSA) is 41.6 Å². The zero-order valence-corrected chi connectivity index (χ0v) is 18.6. The predicted molar refractivity (Wildman–Crippen MR) is 118 cm³/mol. The van der Waals surface area contributed by atoms with Gasteiger partial charge in [0, 0.05) is 26.6 Å². The first kappa shape index (κ1) is 21.7. The molecule has 156 valence electrons. The number of carbonyl (C=O) groups is 1. The minimum Gasteiger partial charge on any atom is -0.492 e. The monoisotopic (exact) mass is 414 g/mol. The zero-order chi connectivity index (χ0) is 21.0. The molecule has 5 heteroatoms. The molecular formula is C24H31ClN2O2. The van der Waals surface area contributed by atoms with Crippen molar-refractivity contribution in [3.8, 4) is 5.75 Å². The van der Waals surface area contributed by atoms with Crippen LogP contribution in [0.4, 0.5) is 0 Å². The Morgan fingerprint density at radius 3 is 2.55 bits per heavy atom. The second kappa shape index (κ2) is 9.64. The second-order valence-electron chi connectivity index (χ2n) is 8.34. The second-order valence-corrected chi connectivity index (χ2v) is 8.72. The number of benzene rings is 2. The maximum Gasteiger partial charge on any atom is 0.217 e. The van der Waals surface area contributed by atoms with Crippen LogP contribution in [0.5, 0.6) is 5.75 Å². The van der Waals surface area contributed by atoms with Gasteiger partial charge >= 0.3 is 0 Å². The molecule has 1 amide bonds. The lowest BCUT2D eigenvalue weighted by atomic mass is 9.98. The van der Waals surface area contributed by atoms with Gasteiger partial charge in [0.25, 0.3) is 0 Å². The van der Waals surface area contributed by atoms with Crippen LogP contribution in [-0.2, 0) is 24.3 Å². The Morgan fingerprint density at radius 1 is 1.17 bits per heavy atom. The van der Waals surface area contributed by atoms with E-state index in [4.69, 9.17) is 16.3 Å². The molecule has 0 spiro atoms. The SMILES string of the molecule is CC(=O)NC(C)c1ccc(CN2CCc3c(ccc(OCC(C)C)c3Cl)C2)cc1. The Bertz CT molecular complexity index is 849. The third kappa shape index (κ3) is 5.74. The van der Waals surface area contributed by atoms with E-state index in [9.17, 15) is 4.79 Å². The number of ether oxygens (including phenoxy) is 1. The molecule has 1 heterocycles. The summed E-state index contributed by atoms with van der Waals surface area (Å²) in [4.78, 5) is 13.7. The molecule has 0 radical (unpaired) electrons. The van der Waals surface area contributed by atoms with E-state index in [1.807, 2.05) is 13.0 Å². The summed E-state index contributed by atoms with van der Waals surface area (Å²) in [6.45, 7) is 11.3. The normalized spacial score (nSPS) is 15.1. The van der Waals surface area contributed by atoms with Gasteiger partial charge in [-0.25, -0.2) is 0 Å². The Balaban J connectivity index is 1.62. The summed E-state index contributed by atoms with van der Waals surface area (Å²) in [7, 11) is 0. The van der Waals surface area contributed by atoms with Crippen LogP contribution in [0.2, 0.25) is 5.02 Å². The number of halogens is 1. The summed E-state index contributed by atoms with van der Waals surface area (Å²) >= 11 is 6.63.